The van der Waals surface area contributed by atoms with Crippen LogP contribution >= 0.6 is 11.6 Å². The molecule has 0 amide bonds. The van der Waals surface area contributed by atoms with E-state index in [-0.39, 0.29) is 0 Å². The second kappa shape index (κ2) is 4.91. The molecule has 4 heteroatoms. The molecule has 0 N–H and O–H groups in total. The highest BCUT2D eigenvalue weighted by atomic mass is 35.5. The molecule has 3 rings (SSSR count). The Bertz CT molecular complexity index is 580. The van der Waals surface area contributed by atoms with Crippen LogP contribution in [0.5, 0.6) is 0 Å². The SMILES string of the molecule is CC1(c2nc(Cl)cc(-c3ccccc3)n2)CCCO1. The van der Waals surface area contributed by atoms with Crippen LogP contribution in [0.4, 0.5) is 0 Å². The van der Waals surface area contributed by atoms with E-state index >= 15 is 0 Å². The van der Waals surface area contributed by atoms with Crippen molar-refractivity contribution in [3.8, 4) is 11.3 Å². The highest BCUT2D eigenvalue weighted by Crippen LogP contribution is 2.35. The standard InChI is InChI=1S/C15H15ClN2O/c1-15(8-5-9-19-15)14-17-12(10-13(16)18-14)11-6-3-2-4-7-11/h2-4,6-7,10H,5,8-9H2,1H3. The summed E-state index contributed by atoms with van der Waals surface area (Å²) in [5, 5.41) is 0.459. The van der Waals surface area contributed by atoms with Crippen molar-refractivity contribution < 1.29 is 4.74 Å². The average molecular weight is 275 g/mol. The van der Waals surface area contributed by atoms with Gasteiger partial charge in [-0.25, -0.2) is 9.97 Å². The van der Waals surface area contributed by atoms with E-state index in [0.717, 1.165) is 30.7 Å². The first-order valence-electron chi connectivity index (χ1n) is 6.42. The van der Waals surface area contributed by atoms with Crippen molar-refractivity contribution in [3.05, 3.63) is 47.4 Å². The van der Waals surface area contributed by atoms with Crippen LogP contribution in [0.15, 0.2) is 36.4 Å². The van der Waals surface area contributed by atoms with E-state index in [2.05, 4.69) is 9.97 Å². The topological polar surface area (TPSA) is 35.0 Å². The molecule has 98 valence electrons. The molecule has 0 aliphatic carbocycles. The van der Waals surface area contributed by atoms with Crippen LogP contribution < -0.4 is 0 Å². The quantitative estimate of drug-likeness (QED) is 0.781. The van der Waals surface area contributed by atoms with Gasteiger partial charge in [0, 0.05) is 18.2 Å². The van der Waals surface area contributed by atoms with E-state index in [1.165, 1.54) is 0 Å². The Labute approximate surface area is 117 Å². The number of aromatic nitrogens is 2. The first-order valence-corrected chi connectivity index (χ1v) is 6.80. The molecule has 0 radical (unpaired) electrons. The molecular formula is C15H15ClN2O. The summed E-state index contributed by atoms with van der Waals surface area (Å²) in [5.41, 5.74) is 1.47. The maximum Gasteiger partial charge on any atom is 0.162 e. The molecule has 1 saturated heterocycles. The minimum atomic E-state index is -0.408. The van der Waals surface area contributed by atoms with Gasteiger partial charge in [0.05, 0.1) is 5.69 Å². The van der Waals surface area contributed by atoms with Gasteiger partial charge in [-0.2, -0.15) is 0 Å². The van der Waals surface area contributed by atoms with Crippen molar-refractivity contribution in [3.63, 3.8) is 0 Å². The lowest BCUT2D eigenvalue weighted by Gasteiger charge is -2.21. The van der Waals surface area contributed by atoms with Gasteiger partial charge in [-0.05, 0) is 19.8 Å². The highest BCUT2D eigenvalue weighted by molar-refractivity contribution is 6.29. The van der Waals surface area contributed by atoms with Gasteiger partial charge >= 0.3 is 0 Å². The summed E-state index contributed by atoms with van der Waals surface area (Å²) in [6.45, 7) is 2.79. The number of hydrogen-bond acceptors (Lipinski definition) is 3. The lowest BCUT2D eigenvalue weighted by atomic mass is 10.0. The average Bonchev–Trinajstić information content (AvgIpc) is 2.87. The predicted octanol–water partition coefficient (Wildman–Crippen LogP) is 3.82. The van der Waals surface area contributed by atoms with Crippen LogP contribution in [0.1, 0.15) is 25.6 Å². The van der Waals surface area contributed by atoms with Gasteiger partial charge in [-0.3, -0.25) is 0 Å². The number of rotatable bonds is 2. The molecular weight excluding hydrogens is 260 g/mol. The zero-order chi connectivity index (χ0) is 13.3. The molecule has 1 aromatic carbocycles. The van der Waals surface area contributed by atoms with Crippen molar-refractivity contribution >= 4 is 11.6 Å². The fourth-order valence-electron chi connectivity index (χ4n) is 2.37. The molecule has 3 nitrogen and oxygen atoms in total. The molecule has 1 fully saturated rings. The molecule has 1 aliphatic heterocycles. The van der Waals surface area contributed by atoms with Crippen LogP contribution in [-0.2, 0) is 10.3 Å². The Balaban J connectivity index is 2.06. The van der Waals surface area contributed by atoms with Crippen molar-refractivity contribution in [2.45, 2.75) is 25.4 Å². The Morgan fingerprint density at radius 3 is 2.68 bits per heavy atom. The summed E-state index contributed by atoms with van der Waals surface area (Å²) in [4.78, 5) is 8.98. The summed E-state index contributed by atoms with van der Waals surface area (Å²) in [5.74, 6) is 0.677. The number of ether oxygens (including phenoxy) is 1. The summed E-state index contributed by atoms with van der Waals surface area (Å²) in [7, 11) is 0. The summed E-state index contributed by atoms with van der Waals surface area (Å²) < 4.78 is 5.79. The van der Waals surface area contributed by atoms with Crippen LogP contribution in [-0.4, -0.2) is 16.6 Å². The third kappa shape index (κ3) is 2.48. The van der Waals surface area contributed by atoms with Gasteiger partial charge in [0.15, 0.2) is 5.82 Å². The molecule has 1 aliphatic rings. The summed E-state index contributed by atoms with van der Waals surface area (Å²) in [6.07, 6.45) is 1.97. The van der Waals surface area contributed by atoms with E-state index in [1.807, 2.05) is 37.3 Å². The largest absolute Gasteiger partial charge is 0.367 e. The van der Waals surface area contributed by atoms with Crippen LogP contribution in [0, 0.1) is 0 Å². The molecule has 0 saturated carbocycles. The zero-order valence-corrected chi connectivity index (χ0v) is 11.5. The number of halogens is 1. The van der Waals surface area contributed by atoms with Gasteiger partial charge in [0.1, 0.15) is 10.8 Å². The minimum absolute atomic E-state index is 0.408. The van der Waals surface area contributed by atoms with Gasteiger partial charge in [-0.1, -0.05) is 41.9 Å². The molecule has 0 spiro atoms. The van der Waals surface area contributed by atoms with Crippen molar-refractivity contribution in [2.75, 3.05) is 6.61 Å². The van der Waals surface area contributed by atoms with E-state index in [0.29, 0.717) is 11.0 Å². The number of nitrogens with zero attached hydrogens (tertiary/aromatic N) is 2. The highest BCUT2D eigenvalue weighted by Gasteiger charge is 2.35. The van der Waals surface area contributed by atoms with Crippen LogP contribution in [0.2, 0.25) is 5.15 Å². The van der Waals surface area contributed by atoms with E-state index in [9.17, 15) is 0 Å². The van der Waals surface area contributed by atoms with Crippen LogP contribution in [0.25, 0.3) is 11.3 Å². The molecule has 1 unspecified atom stereocenters. The Morgan fingerprint density at radius 2 is 2.00 bits per heavy atom. The first-order chi connectivity index (χ1) is 9.17. The number of hydrogen-bond donors (Lipinski definition) is 0. The molecule has 0 bridgehead atoms. The second-order valence-electron chi connectivity index (χ2n) is 4.95. The lowest BCUT2D eigenvalue weighted by Crippen LogP contribution is -2.23. The molecule has 2 aromatic rings. The minimum Gasteiger partial charge on any atom is -0.367 e. The van der Waals surface area contributed by atoms with Gasteiger partial charge in [0.25, 0.3) is 0 Å². The van der Waals surface area contributed by atoms with Gasteiger partial charge in [0.2, 0.25) is 0 Å². The number of benzene rings is 1. The summed E-state index contributed by atoms with van der Waals surface area (Å²) in [6, 6.07) is 11.8. The molecule has 1 atom stereocenters. The smallest absolute Gasteiger partial charge is 0.162 e. The normalized spacial score (nSPS) is 22.6. The van der Waals surface area contributed by atoms with Gasteiger partial charge in [-0.15, -0.1) is 0 Å². The van der Waals surface area contributed by atoms with Crippen molar-refractivity contribution in [1.29, 1.82) is 0 Å². The maximum absolute atomic E-state index is 6.13. The Morgan fingerprint density at radius 1 is 1.21 bits per heavy atom. The molecule has 19 heavy (non-hydrogen) atoms. The summed E-state index contributed by atoms with van der Waals surface area (Å²) >= 11 is 6.13. The fraction of sp³-hybridized carbons (Fsp3) is 0.333. The van der Waals surface area contributed by atoms with E-state index in [4.69, 9.17) is 16.3 Å². The van der Waals surface area contributed by atoms with Gasteiger partial charge < -0.3 is 4.74 Å². The van der Waals surface area contributed by atoms with Crippen molar-refractivity contribution in [1.82, 2.24) is 9.97 Å². The van der Waals surface area contributed by atoms with Crippen LogP contribution in [0.3, 0.4) is 0 Å². The third-order valence-corrected chi connectivity index (χ3v) is 3.65. The predicted molar refractivity (Wildman–Crippen MR) is 75.0 cm³/mol. The maximum atomic E-state index is 6.13. The Hall–Kier alpha value is -1.45. The van der Waals surface area contributed by atoms with E-state index in [1.54, 1.807) is 6.07 Å². The van der Waals surface area contributed by atoms with E-state index < -0.39 is 5.60 Å². The first kappa shape index (κ1) is 12.6. The lowest BCUT2D eigenvalue weighted by molar-refractivity contribution is 0.00943. The molecule has 2 heterocycles. The molecule has 1 aromatic heterocycles. The second-order valence-corrected chi connectivity index (χ2v) is 5.34. The van der Waals surface area contributed by atoms with Crippen molar-refractivity contribution in [2.24, 2.45) is 0 Å². The third-order valence-electron chi connectivity index (χ3n) is 3.46. The fourth-order valence-corrected chi connectivity index (χ4v) is 2.55. The zero-order valence-electron chi connectivity index (χ0n) is 10.8. The monoisotopic (exact) mass is 274 g/mol. The Kier molecular flexibility index (Phi) is 3.25.